The molecule has 0 amide bonds. The molecular formula is C12H19N3O2. The second kappa shape index (κ2) is 5.42. The Morgan fingerprint density at radius 1 is 1.41 bits per heavy atom. The van der Waals surface area contributed by atoms with Crippen molar-refractivity contribution in [2.24, 2.45) is 0 Å². The Bertz CT molecular complexity index is 436. The standard InChI is InChI=1S/C12H19N3O2/c1-3-5-10(17-4-2)11-14-9-7-13-6-8(9)12(16)15-11/h10,13H,3-7H2,1-2H3,(H,14,15,16). The van der Waals surface area contributed by atoms with Crippen LogP contribution in [0.4, 0.5) is 0 Å². The van der Waals surface area contributed by atoms with Gasteiger partial charge in [-0.25, -0.2) is 4.98 Å². The van der Waals surface area contributed by atoms with Gasteiger partial charge in [-0.15, -0.1) is 0 Å². The number of rotatable bonds is 5. The topological polar surface area (TPSA) is 67.0 Å². The second-order valence-corrected chi connectivity index (χ2v) is 4.21. The molecule has 5 nitrogen and oxygen atoms in total. The van der Waals surface area contributed by atoms with Crippen LogP contribution in [-0.2, 0) is 17.8 Å². The van der Waals surface area contributed by atoms with Gasteiger partial charge in [0.2, 0.25) is 0 Å². The van der Waals surface area contributed by atoms with Crippen molar-refractivity contribution in [2.45, 2.75) is 45.9 Å². The van der Waals surface area contributed by atoms with E-state index in [0.29, 0.717) is 25.5 Å². The molecule has 0 bridgehead atoms. The summed E-state index contributed by atoms with van der Waals surface area (Å²) in [4.78, 5) is 19.2. The maximum Gasteiger partial charge on any atom is 0.255 e. The molecule has 0 spiro atoms. The lowest BCUT2D eigenvalue weighted by molar-refractivity contribution is 0.0490. The Hall–Kier alpha value is -1.20. The first-order valence-corrected chi connectivity index (χ1v) is 6.20. The van der Waals surface area contributed by atoms with Crippen LogP contribution in [0.2, 0.25) is 0 Å². The van der Waals surface area contributed by atoms with E-state index < -0.39 is 0 Å². The van der Waals surface area contributed by atoms with Gasteiger partial charge in [-0.1, -0.05) is 13.3 Å². The van der Waals surface area contributed by atoms with Gasteiger partial charge in [0.25, 0.3) is 5.56 Å². The predicted octanol–water partition coefficient (Wildman–Crippen LogP) is 1.25. The molecule has 0 fully saturated rings. The zero-order valence-corrected chi connectivity index (χ0v) is 10.4. The third-order valence-corrected chi connectivity index (χ3v) is 2.94. The SMILES string of the molecule is CCCC(OCC)c1nc2c(c(=O)[nH]1)CNC2. The summed E-state index contributed by atoms with van der Waals surface area (Å²) >= 11 is 0. The molecule has 2 N–H and O–H groups in total. The normalized spacial score (nSPS) is 15.9. The number of H-pyrrole nitrogens is 1. The smallest absolute Gasteiger partial charge is 0.255 e. The van der Waals surface area contributed by atoms with E-state index >= 15 is 0 Å². The van der Waals surface area contributed by atoms with Crippen molar-refractivity contribution in [3.8, 4) is 0 Å². The van der Waals surface area contributed by atoms with Gasteiger partial charge in [-0.3, -0.25) is 4.79 Å². The zero-order valence-electron chi connectivity index (χ0n) is 10.4. The number of hydrogen-bond acceptors (Lipinski definition) is 4. The van der Waals surface area contributed by atoms with Crippen LogP contribution in [0.1, 0.15) is 49.9 Å². The van der Waals surface area contributed by atoms with Crippen LogP contribution in [0.15, 0.2) is 4.79 Å². The summed E-state index contributed by atoms with van der Waals surface area (Å²) in [6.45, 7) is 5.97. The molecule has 94 valence electrons. The highest BCUT2D eigenvalue weighted by Crippen LogP contribution is 2.20. The summed E-state index contributed by atoms with van der Waals surface area (Å²) in [5.74, 6) is 0.668. The molecule has 0 aliphatic carbocycles. The fourth-order valence-corrected chi connectivity index (χ4v) is 2.11. The molecular weight excluding hydrogens is 218 g/mol. The van der Waals surface area contributed by atoms with Crippen LogP contribution in [0.3, 0.4) is 0 Å². The third kappa shape index (κ3) is 2.56. The minimum Gasteiger partial charge on any atom is -0.371 e. The van der Waals surface area contributed by atoms with Gasteiger partial charge in [0, 0.05) is 19.7 Å². The molecule has 2 heterocycles. The molecule has 5 heteroatoms. The number of nitrogens with zero attached hydrogens (tertiary/aromatic N) is 1. The molecule has 1 unspecified atom stereocenters. The van der Waals surface area contributed by atoms with E-state index in [1.165, 1.54) is 0 Å². The Balaban J connectivity index is 2.31. The van der Waals surface area contributed by atoms with E-state index in [-0.39, 0.29) is 11.7 Å². The zero-order chi connectivity index (χ0) is 12.3. The van der Waals surface area contributed by atoms with Crippen molar-refractivity contribution in [3.63, 3.8) is 0 Å². The number of nitrogens with one attached hydrogen (secondary N) is 2. The summed E-state index contributed by atoms with van der Waals surface area (Å²) in [7, 11) is 0. The van der Waals surface area contributed by atoms with Gasteiger partial charge in [-0.2, -0.15) is 0 Å². The molecule has 0 saturated heterocycles. The Morgan fingerprint density at radius 2 is 2.24 bits per heavy atom. The minimum absolute atomic E-state index is 0.0317. The van der Waals surface area contributed by atoms with Gasteiger partial charge in [0.05, 0.1) is 11.3 Å². The molecule has 17 heavy (non-hydrogen) atoms. The van der Waals surface area contributed by atoms with Crippen LogP contribution < -0.4 is 10.9 Å². The van der Waals surface area contributed by atoms with E-state index in [4.69, 9.17) is 4.74 Å². The average molecular weight is 237 g/mol. The van der Waals surface area contributed by atoms with E-state index in [0.717, 1.165) is 24.1 Å². The lowest BCUT2D eigenvalue weighted by atomic mass is 10.2. The van der Waals surface area contributed by atoms with E-state index in [1.807, 2.05) is 6.92 Å². The van der Waals surface area contributed by atoms with Crippen molar-refractivity contribution in [1.29, 1.82) is 0 Å². The summed E-state index contributed by atoms with van der Waals surface area (Å²) in [6.07, 6.45) is 1.79. The number of ether oxygens (including phenoxy) is 1. The lowest BCUT2D eigenvalue weighted by Crippen LogP contribution is -2.20. The van der Waals surface area contributed by atoms with Gasteiger partial charge in [-0.05, 0) is 13.3 Å². The molecule has 1 aliphatic heterocycles. The first-order chi connectivity index (χ1) is 8.26. The van der Waals surface area contributed by atoms with E-state index in [1.54, 1.807) is 0 Å². The molecule has 1 aromatic rings. The van der Waals surface area contributed by atoms with E-state index in [2.05, 4.69) is 22.2 Å². The van der Waals surface area contributed by atoms with Crippen molar-refractivity contribution in [3.05, 3.63) is 27.4 Å². The van der Waals surface area contributed by atoms with Crippen molar-refractivity contribution < 1.29 is 4.74 Å². The van der Waals surface area contributed by atoms with Crippen LogP contribution in [-0.4, -0.2) is 16.6 Å². The number of aromatic amines is 1. The lowest BCUT2D eigenvalue weighted by Gasteiger charge is -2.15. The molecule has 1 aliphatic rings. The fourth-order valence-electron chi connectivity index (χ4n) is 2.11. The maximum absolute atomic E-state index is 11.9. The Labute approximate surface area is 101 Å². The number of aromatic nitrogens is 2. The quantitative estimate of drug-likeness (QED) is 0.809. The van der Waals surface area contributed by atoms with Crippen molar-refractivity contribution >= 4 is 0 Å². The van der Waals surface area contributed by atoms with Crippen LogP contribution in [0.5, 0.6) is 0 Å². The third-order valence-electron chi connectivity index (χ3n) is 2.94. The van der Waals surface area contributed by atoms with Gasteiger partial charge < -0.3 is 15.0 Å². The van der Waals surface area contributed by atoms with Gasteiger partial charge >= 0.3 is 0 Å². The summed E-state index contributed by atoms with van der Waals surface area (Å²) in [5.41, 5.74) is 1.60. The molecule has 0 aromatic carbocycles. The fraction of sp³-hybridized carbons (Fsp3) is 0.667. The minimum atomic E-state index is -0.0939. The molecule has 2 rings (SSSR count). The van der Waals surface area contributed by atoms with Crippen LogP contribution in [0, 0.1) is 0 Å². The Kier molecular flexibility index (Phi) is 3.91. The number of hydrogen-bond donors (Lipinski definition) is 2. The molecule has 1 atom stereocenters. The predicted molar refractivity (Wildman–Crippen MR) is 64.7 cm³/mol. The summed E-state index contributed by atoms with van der Waals surface area (Å²) in [6, 6.07) is 0. The summed E-state index contributed by atoms with van der Waals surface area (Å²) in [5, 5.41) is 3.14. The highest BCUT2D eigenvalue weighted by Gasteiger charge is 2.20. The average Bonchev–Trinajstić information content (AvgIpc) is 2.77. The van der Waals surface area contributed by atoms with Gasteiger partial charge in [0.15, 0.2) is 0 Å². The second-order valence-electron chi connectivity index (χ2n) is 4.21. The largest absolute Gasteiger partial charge is 0.371 e. The van der Waals surface area contributed by atoms with E-state index in [9.17, 15) is 4.79 Å². The first-order valence-electron chi connectivity index (χ1n) is 6.20. The van der Waals surface area contributed by atoms with Crippen molar-refractivity contribution in [1.82, 2.24) is 15.3 Å². The summed E-state index contributed by atoms with van der Waals surface area (Å²) < 4.78 is 5.63. The molecule has 1 aromatic heterocycles. The monoisotopic (exact) mass is 237 g/mol. The molecule has 0 saturated carbocycles. The Morgan fingerprint density at radius 3 is 2.94 bits per heavy atom. The highest BCUT2D eigenvalue weighted by atomic mass is 16.5. The van der Waals surface area contributed by atoms with Crippen molar-refractivity contribution in [2.75, 3.05) is 6.61 Å². The van der Waals surface area contributed by atoms with Gasteiger partial charge in [0.1, 0.15) is 11.9 Å². The number of fused-ring (bicyclic) bond motifs is 1. The van der Waals surface area contributed by atoms with Crippen LogP contribution in [0.25, 0.3) is 0 Å². The first kappa shape index (κ1) is 12.3. The molecule has 0 radical (unpaired) electrons. The highest BCUT2D eigenvalue weighted by molar-refractivity contribution is 5.22. The maximum atomic E-state index is 11.9. The van der Waals surface area contributed by atoms with Crippen LogP contribution >= 0.6 is 0 Å².